The van der Waals surface area contributed by atoms with E-state index < -0.39 is 5.92 Å². The number of fused-ring (bicyclic) bond motifs is 4. The Morgan fingerprint density at radius 3 is 2.67 bits per heavy atom. The second-order valence-corrected chi connectivity index (χ2v) is 9.41. The SMILES string of the molecule is CCn1c2c(c3cc(-c4nc5cc(CCC(=O)OC)ccc5n4CCOC)ccc31)CC(F)(F)CC2. The number of nitrogens with zero attached hydrogens (tertiary/aromatic N) is 3. The van der Waals surface area contributed by atoms with E-state index in [0.29, 0.717) is 32.4 Å². The number of hydrogen-bond acceptors (Lipinski definition) is 4. The van der Waals surface area contributed by atoms with E-state index in [-0.39, 0.29) is 18.8 Å². The fraction of sp³-hybridized carbons (Fsp3) is 0.429. The van der Waals surface area contributed by atoms with Crippen LogP contribution in [0.4, 0.5) is 8.78 Å². The van der Waals surface area contributed by atoms with E-state index in [0.717, 1.165) is 56.7 Å². The Morgan fingerprint density at radius 1 is 1.11 bits per heavy atom. The topological polar surface area (TPSA) is 58.3 Å². The number of rotatable bonds is 8. The summed E-state index contributed by atoms with van der Waals surface area (Å²) < 4.78 is 43.2. The Morgan fingerprint density at radius 2 is 1.92 bits per heavy atom. The predicted octanol–water partition coefficient (Wildman–Crippen LogP) is 5.55. The maximum atomic E-state index is 14.4. The van der Waals surface area contributed by atoms with Crippen LogP contribution in [0.1, 0.15) is 36.6 Å². The van der Waals surface area contributed by atoms with Gasteiger partial charge in [0, 0.05) is 61.6 Å². The summed E-state index contributed by atoms with van der Waals surface area (Å²) in [5.41, 5.74) is 6.45. The fourth-order valence-electron chi connectivity index (χ4n) is 5.42. The number of ether oxygens (including phenoxy) is 2. The van der Waals surface area contributed by atoms with Gasteiger partial charge in [0.05, 0.1) is 24.8 Å². The highest BCUT2D eigenvalue weighted by Gasteiger charge is 2.37. The summed E-state index contributed by atoms with van der Waals surface area (Å²) >= 11 is 0. The summed E-state index contributed by atoms with van der Waals surface area (Å²) in [4.78, 5) is 16.5. The highest BCUT2D eigenvalue weighted by molar-refractivity contribution is 5.91. The highest BCUT2D eigenvalue weighted by Crippen LogP contribution is 2.40. The van der Waals surface area contributed by atoms with Gasteiger partial charge in [0.2, 0.25) is 0 Å². The Kier molecular flexibility index (Phi) is 6.55. The Labute approximate surface area is 208 Å². The number of aryl methyl sites for hydroxylation is 2. The number of hydrogen-bond donors (Lipinski definition) is 0. The Hall–Kier alpha value is -3.26. The van der Waals surface area contributed by atoms with E-state index in [1.165, 1.54) is 7.11 Å². The molecule has 1 aliphatic rings. The van der Waals surface area contributed by atoms with Gasteiger partial charge >= 0.3 is 5.97 Å². The first-order valence-corrected chi connectivity index (χ1v) is 12.4. The number of imidazole rings is 1. The molecule has 6 nitrogen and oxygen atoms in total. The lowest BCUT2D eigenvalue weighted by atomic mass is 9.92. The average molecular weight is 496 g/mol. The van der Waals surface area contributed by atoms with E-state index in [1.54, 1.807) is 7.11 Å². The molecule has 0 atom stereocenters. The molecule has 0 fully saturated rings. The van der Waals surface area contributed by atoms with Crippen LogP contribution in [-0.2, 0) is 46.6 Å². The smallest absolute Gasteiger partial charge is 0.305 e. The minimum absolute atomic E-state index is 0.103. The number of carbonyl (C=O) groups is 1. The van der Waals surface area contributed by atoms with E-state index in [9.17, 15) is 13.6 Å². The summed E-state index contributed by atoms with van der Waals surface area (Å²) in [7, 11) is 3.05. The van der Waals surface area contributed by atoms with Gasteiger partial charge in [-0.25, -0.2) is 13.8 Å². The van der Waals surface area contributed by atoms with Crippen molar-refractivity contribution >= 4 is 27.9 Å². The molecule has 0 bridgehead atoms. The van der Waals surface area contributed by atoms with Crippen molar-refractivity contribution < 1.29 is 23.0 Å². The van der Waals surface area contributed by atoms with Gasteiger partial charge in [0.15, 0.2) is 0 Å². The normalized spacial score (nSPS) is 14.9. The summed E-state index contributed by atoms with van der Waals surface area (Å²) in [5, 5.41) is 0.882. The predicted molar refractivity (Wildman–Crippen MR) is 136 cm³/mol. The zero-order chi connectivity index (χ0) is 25.4. The van der Waals surface area contributed by atoms with Gasteiger partial charge in [-0.15, -0.1) is 0 Å². The lowest BCUT2D eigenvalue weighted by Crippen LogP contribution is -2.26. The van der Waals surface area contributed by atoms with E-state index in [1.807, 2.05) is 36.4 Å². The third kappa shape index (κ3) is 4.39. The standard InChI is InChI=1S/C28H31F2N3O3/c1-4-32-23-9-7-19(16-20(23)21-17-28(29,30)12-11-24(21)32)27-31-22-15-18(6-10-26(34)36-3)5-8-25(22)33(27)13-14-35-2/h5,7-9,15-16H,4,6,10-14,17H2,1-3H3. The summed E-state index contributed by atoms with van der Waals surface area (Å²) in [5.74, 6) is -2.15. The second-order valence-electron chi connectivity index (χ2n) is 9.41. The van der Waals surface area contributed by atoms with Gasteiger partial charge in [0.1, 0.15) is 5.82 Å². The van der Waals surface area contributed by atoms with Crippen molar-refractivity contribution in [3.63, 3.8) is 0 Å². The zero-order valence-electron chi connectivity index (χ0n) is 20.9. The molecule has 0 unspecified atom stereocenters. The Bertz CT molecular complexity index is 1440. The van der Waals surface area contributed by atoms with Gasteiger partial charge in [-0.2, -0.15) is 0 Å². The monoisotopic (exact) mass is 495 g/mol. The number of halogens is 2. The largest absolute Gasteiger partial charge is 0.469 e. The molecular weight excluding hydrogens is 464 g/mol. The molecule has 2 aromatic heterocycles. The second kappa shape index (κ2) is 9.65. The first kappa shape index (κ1) is 24.4. The Balaban J connectivity index is 1.62. The van der Waals surface area contributed by atoms with Crippen molar-refractivity contribution in [3.8, 4) is 11.4 Å². The third-order valence-electron chi connectivity index (χ3n) is 7.20. The summed E-state index contributed by atoms with van der Waals surface area (Å²) in [6.07, 6.45) is 0.938. The van der Waals surface area contributed by atoms with Crippen LogP contribution >= 0.6 is 0 Å². The van der Waals surface area contributed by atoms with Crippen LogP contribution in [0.5, 0.6) is 0 Å². The number of carbonyl (C=O) groups excluding carboxylic acids is 1. The third-order valence-corrected chi connectivity index (χ3v) is 7.20. The lowest BCUT2D eigenvalue weighted by molar-refractivity contribution is -0.140. The molecule has 4 aromatic rings. The first-order chi connectivity index (χ1) is 17.3. The fourth-order valence-corrected chi connectivity index (χ4v) is 5.42. The maximum Gasteiger partial charge on any atom is 0.305 e. The van der Waals surface area contributed by atoms with Crippen molar-refractivity contribution in [2.75, 3.05) is 20.8 Å². The van der Waals surface area contributed by atoms with Gasteiger partial charge in [0.25, 0.3) is 5.92 Å². The van der Waals surface area contributed by atoms with Crippen LogP contribution in [0.15, 0.2) is 36.4 Å². The molecule has 1 aliphatic carbocycles. The molecule has 190 valence electrons. The van der Waals surface area contributed by atoms with Gasteiger partial charge in [-0.1, -0.05) is 6.07 Å². The number of alkyl halides is 2. The molecule has 0 amide bonds. The number of esters is 1. The molecule has 0 saturated heterocycles. The van der Waals surface area contributed by atoms with Crippen LogP contribution in [0.3, 0.4) is 0 Å². The summed E-state index contributed by atoms with van der Waals surface area (Å²) in [6, 6.07) is 12.1. The molecule has 0 N–H and O–H groups in total. The van der Waals surface area contributed by atoms with E-state index in [4.69, 9.17) is 14.5 Å². The van der Waals surface area contributed by atoms with Gasteiger partial charge in [-0.3, -0.25) is 4.79 Å². The number of benzene rings is 2. The van der Waals surface area contributed by atoms with Crippen molar-refractivity contribution in [1.29, 1.82) is 0 Å². The van der Waals surface area contributed by atoms with Crippen LogP contribution in [0.2, 0.25) is 0 Å². The number of aromatic nitrogens is 3. The van der Waals surface area contributed by atoms with Crippen LogP contribution in [-0.4, -0.2) is 46.8 Å². The molecule has 0 spiro atoms. The zero-order valence-corrected chi connectivity index (χ0v) is 20.9. The van der Waals surface area contributed by atoms with Crippen LogP contribution in [0.25, 0.3) is 33.3 Å². The van der Waals surface area contributed by atoms with Crippen molar-refractivity contribution in [2.45, 2.75) is 58.0 Å². The average Bonchev–Trinajstić information content (AvgIpc) is 3.39. The lowest BCUT2D eigenvalue weighted by Gasteiger charge is -2.23. The molecule has 0 saturated carbocycles. The number of methoxy groups -OCH3 is 2. The molecule has 2 aromatic carbocycles. The maximum absolute atomic E-state index is 14.4. The van der Waals surface area contributed by atoms with E-state index in [2.05, 4.69) is 16.1 Å². The molecule has 36 heavy (non-hydrogen) atoms. The van der Waals surface area contributed by atoms with Crippen LogP contribution < -0.4 is 0 Å². The molecule has 8 heteroatoms. The molecule has 0 radical (unpaired) electrons. The summed E-state index contributed by atoms with van der Waals surface area (Å²) in [6.45, 7) is 3.92. The van der Waals surface area contributed by atoms with Gasteiger partial charge < -0.3 is 18.6 Å². The minimum atomic E-state index is -2.68. The molecule has 0 aliphatic heterocycles. The van der Waals surface area contributed by atoms with Crippen molar-refractivity contribution in [1.82, 2.24) is 14.1 Å². The first-order valence-electron chi connectivity index (χ1n) is 12.4. The molecular formula is C28H31F2N3O3. The van der Waals surface area contributed by atoms with Gasteiger partial charge in [-0.05, 0) is 61.2 Å². The quantitative estimate of drug-likeness (QED) is 0.301. The van der Waals surface area contributed by atoms with Crippen molar-refractivity contribution in [3.05, 3.63) is 53.2 Å². The molecule has 5 rings (SSSR count). The minimum Gasteiger partial charge on any atom is -0.469 e. The highest BCUT2D eigenvalue weighted by atomic mass is 19.3. The van der Waals surface area contributed by atoms with Crippen molar-refractivity contribution in [2.24, 2.45) is 0 Å². The van der Waals surface area contributed by atoms with Crippen LogP contribution in [0, 0.1) is 0 Å². The van der Waals surface area contributed by atoms with E-state index >= 15 is 0 Å². The molecule has 2 heterocycles.